The minimum atomic E-state index is 0.455. The summed E-state index contributed by atoms with van der Waals surface area (Å²) in [6.45, 7) is 0. The van der Waals surface area contributed by atoms with Crippen molar-refractivity contribution in [3.63, 3.8) is 0 Å². The molecule has 0 aliphatic carbocycles. The summed E-state index contributed by atoms with van der Waals surface area (Å²) in [6.07, 6.45) is 0. The van der Waals surface area contributed by atoms with Gasteiger partial charge < -0.3 is 9.13 Å². The van der Waals surface area contributed by atoms with Crippen LogP contribution in [0.5, 0.6) is 0 Å². The van der Waals surface area contributed by atoms with Crippen molar-refractivity contribution in [3.8, 4) is 34.6 Å². The average Bonchev–Trinajstić information content (AvgIpc) is 3.57. The van der Waals surface area contributed by atoms with Crippen LogP contribution in [-0.2, 0) is 0 Å². The van der Waals surface area contributed by atoms with E-state index in [9.17, 15) is 10.5 Å². The van der Waals surface area contributed by atoms with Crippen molar-refractivity contribution >= 4 is 43.6 Å². The summed E-state index contributed by atoms with van der Waals surface area (Å²) in [5.41, 5.74) is 8.32. The Morgan fingerprint density at radius 2 is 0.857 bits per heavy atom. The predicted molar refractivity (Wildman–Crippen MR) is 170 cm³/mol. The highest BCUT2D eigenvalue weighted by molar-refractivity contribution is 6.11. The number of fused-ring (bicyclic) bond motifs is 6. The van der Waals surface area contributed by atoms with Crippen molar-refractivity contribution in [2.24, 2.45) is 0 Å². The highest BCUT2D eigenvalue weighted by Crippen LogP contribution is 2.40. The molecule has 0 bridgehead atoms. The van der Waals surface area contributed by atoms with Crippen LogP contribution in [0.3, 0.4) is 0 Å². The standard InChI is InChI=1S/C38H22N4/c39-23-25-21-22-26(32(24-40)38(25)42-36-19-9-4-14-30(36)31-15-5-10-20-37(31)42)27-11-1-6-16-33(27)41-34-17-7-2-12-28(34)29-13-3-8-18-35(29)41/h1-22H. The van der Waals surface area contributed by atoms with E-state index in [1.807, 2.05) is 48.5 Å². The first kappa shape index (κ1) is 23.8. The third-order valence-corrected chi connectivity index (χ3v) is 8.23. The van der Waals surface area contributed by atoms with E-state index in [4.69, 9.17) is 0 Å². The van der Waals surface area contributed by atoms with Crippen LogP contribution in [0.25, 0.3) is 66.1 Å². The number of aromatic nitrogens is 2. The first-order valence-corrected chi connectivity index (χ1v) is 13.8. The van der Waals surface area contributed by atoms with Crippen molar-refractivity contribution in [1.29, 1.82) is 10.5 Å². The molecule has 8 aromatic rings. The van der Waals surface area contributed by atoms with Crippen LogP contribution in [-0.4, -0.2) is 9.13 Å². The highest BCUT2D eigenvalue weighted by atomic mass is 15.0. The summed E-state index contributed by atoms with van der Waals surface area (Å²) in [5.74, 6) is 0. The molecule has 0 saturated heterocycles. The Morgan fingerprint density at radius 1 is 0.405 bits per heavy atom. The summed E-state index contributed by atoms with van der Waals surface area (Å²) in [4.78, 5) is 0. The second-order valence-corrected chi connectivity index (χ2v) is 10.4. The maximum atomic E-state index is 10.8. The SMILES string of the molecule is N#Cc1ccc(-c2ccccc2-n2c3ccccc3c3ccccc32)c(C#N)c1-n1c2ccccc2c2ccccc21. The number of rotatable bonds is 3. The van der Waals surface area contributed by atoms with Gasteiger partial charge in [0.2, 0.25) is 0 Å². The van der Waals surface area contributed by atoms with Crippen LogP contribution in [0.2, 0.25) is 0 Å². The second-order valence-electron chi connectivity index (χ2n) is 10.4. The lowest BCUT2D eigenvalue weighted by Crippen LogP contribution is -2.04. The van der Waals surface area contributed by atoms with Gasteiger partial charge in [0.05, 0.1) is 44.6 Å². The maximum Gasteiger partial charge on any atom is 0.102 e. The summed E-state index contributed by atoms with van der Waals surface area (Å²) in [6, 6.07) is 50.0. The van der Waals surface area contributed by atoms with Crippen molar-refractivity contribution in [2.75, 3.05) is 0 Å². The number of hydrogen-bond donors (Lipinski definition) is 0. The van der Waals surface area contributed by atoms with Gasteiger partial charge in [-0.05, 0) is 36.4 Å². The van der Waals surface area contributed by atoms with Gasteiger partial charge in [-0.25, -0.2) is 0 Å². The number of nitrogens with zero attached hydrogens (tertiary/aromatic N) is 4. The van der Waals surface area contributed by atoms with Gasteiger partial charge in [0.1, 0.15) is 12.1 Å². The van der Waals surface area contributed by atoms with E-state index in [1.54, 1.807) is 0 Å². The van der Waals surface area contributed by atoms with Gasteiger partial charge in [-0.1, -0.05) is 97.1 Å². The largest absolute Gasteiger partial charge is 0.309 e. The third kappa shape index (κ3) is 3.27. The van der Waals surface area contributed by atoms with E-state index in [0.717, 1.165) is 49.7 Å². The van der Waals surface area contributed by atoms with E-state index < -0.39 is 0 Å². The molecule has 0 radical (unpaired) electrons. The molecular weight excluding hydrogens is 512 g/mol. The van der Waals surface area contributed by atoms with Crippen LogP contribution < -0.4 is 0 Å². The van der Waals surface area contributed by atoms with E-state index in [0.29, 0.717) is 16.8 Å². The van der Waals surface area contributed by atoms with E-state index >= 15 is 0 Å². The molecule has 0 fully saturated rings. The Kier molecular flexibility index (Phi) is 5.22. The number of benzene rings is 6. The first-order chi connectivity index (χ1) is 20.8. The molecule has 194 valence electrons. The Balaban J connectivity index is 1.48. The highest BCUT2D eigenvalue weighted by Gasteiger charge is 2.23. The summed E-state index contributed by atoms with van der Waals surface area (Å²) >= 11 is 0. The van der Waals surface area contributed by atoms with Crippen molar-refractivity contribution in [1.82, 2.24) is 9.13 Å². The molecule has 2 aromatic heterocycles. The molecule has 4 heteroatoms. The molecule has 4 nitrogen and oxygen atoms in total. The van der Waals surface area contributed by atoms with Gasteiger partial charge >= 0.3 is 0 Å². The molecule has 0 atom stereocenters. The molecule has 2 heterocycles. The molecular formula is C38H22N4. The number of para-hydroxylation sites is 5. The zero-order chi connectivity index (χ0) is 28.2. The summed E-state index contributed by atoms with van der Waals surface area (Å²) in [7, 11) is 0. The van der Waals surface area contributed by atoms with Crippen molar-refractivity contribution in [3.05, 3.63) is 145 Å². The predicted octanol–water partition coefficient (Wildman–Crippen LogP) is 9.29. The Bertz CT molecular complexity index is 2340. The number of nitriles is 2. The lowest BCUT2D eigenvalue weighted by Gasteiger charge is -2.18. The smallest absolute Gasteiger partial charge is 0.102 e. The topological polar surface area (TPSA) is 57.4 Å². The Hall–Kier alpha value is -6.10. The van der Waals surface area contributed by atoms with Gasteiger partial charge in [0, 0.05) is 32.7 Å². The minimum absolute atomic E-state index is 0.455. The molecule has 0 N–H and O–H groups in total. The molecule has 0 aliphatic rings. The fraction of sp³-hybridized carbons (Fsp3) is 0. The summed E-state index contributed by atoms with van der Waals surface area (Å²) in [5, 5.41) is 25.6. The normalized spacial score (nSPS) is 11.3. The van der Waals surface area contributed by atoms with Gasteiger partial charge in [-0.15, -0.1) is 0 Å². The molecule has 6 aromatic carbocycles. The van der Waals surface area contributed by atoms with Crippen molar-refractivity contribution in [2.45, 2.75) is 0 Å². The van der Waals surface area contributed by atoms with Crippen molar-refractivity contribution < 1.29 is 0 Å². The Labute approximate surface area is 242 Å². The fourth-order valence-electron chi connectivity index (χ4n) is 6.49. The van der Waals surface area contributed by atoms with Crippen LogP contribution in [0.4, 0.5) is 0 Å². The lowest BCUT2D eigenvalue weighted by molar-refractivity contribution is 1.15. The van der Waals surface area contributed by atoms with Gasteiger partial charge in [0.25, 0.3) is 0 Å². The van der Waals surface area contributed by atoms with E-state index in [1.165, 1.54) is 10.8 Å². The molecule has 8 rings (SSSR count). The lowest BCUT2D eigenvalue weighted by atomic mass is 9.94. The Morgan fingerprint density at radius 3 is 1.36 bits per heavy atom. The van der Waals surface area contributed by atoms with Gasteiger partial charge in [0.15, 0.2) is 0 Å². The van der Waals surface area contributed by atoms with E-state index in [2.05, 4.69) is 106 Å². The molecule has 0 spiro atoms. The van der Waals surface area contributed by atoms with Gasteiger partial charge in [-0.2, -0.15) is 10.5 Å². The third-order valence-electron chi connectivity index (χ3n) is 8.23. The zero-order valence-electron chi connectivity index (χ0n) is 22.5. The first-order valence-electron chi connectivity index (χ1n) is 13.8. The van der Waals surface area contributed by atoms with Crippen LogP contribution in [0, 0.1) is 22.7 Å². The van der Waals surface area contributed by atoms with E-state index in [-0.39, 0.29) is 0 Å². The zero-order valence-corrected chi connectivity index (χ0v) is 22.5. The maximum absolute atomic E-state index is 10.8. The average molecular weight is 535 g/mol. The van der Waals surface area contributed by atoms with Crippen LogP contribution >= 0.6 is 0 Å². The molecule has 0 unspecified atom stereocenters. The monoisotopic (exact) mass is 534 g/mol. The molecule has 0 aliphatic heterocycles. The molecule has 42 heavy (non-hydrogen) atoms. The quantitative estimate of drug-likeness (QED) is 0.227. The van der Waals surface area contributed by atoms with Crippen LogP contribution in [0.1, 0.15) is 11.1 Å². The van der Waals surface area contributed by atoms with Crippen LogP contribution in [0.15, 0.2) is 133 Å². The fourth-order valence-corrected chi connectivity index (χ4v) is 6.49. The molecule has 0 saturated carbocycles. The molecule has 0 amide bonds. The number of hydrogen-bond acceptors (Lipinski definition) is 2. The van der Waals surface area contributed by atoms with Gasteiger partial charge in [-0.3, -0.25) is 0 Å². The second kappa shape index (κ2) is 9.24. The summed E-state index contributed by atoms with van der Waals surface area (Å²) < 4.78 is 4.35. The minimum Gasteiger partial charge on any atom is -0.309 e.